The molecule has 0 aliphatic carbocycles. The highest BCUT2D eigenvalue weighted by molar-refractivity contribution is 7.99. The molecule has 0 atom stereocenters. The normalized spacial score (nSPS) is 10.6. The Labute approximate surface area is 95.1 Å². The maximum atomic E-state index is 5.74. The Kier molecular flexibility index (Phi) is 2.83. The summed E-state index contributed by atoms with van der Waals surface area (Å²) >= 11 is 7.08. The summed E-state index contributed by atoms with van der Waals surface area (Å²) in [6, 6.07) is 1.82. The first-order valence-corrected chi connectivity index (χ1v) is 5.26. The molecule has 0 unspecified atom stereocenters. The second-order valence-electron chi connectivity index (χ2n) is 2.80. The minimum absolute atomic E-state index is 0.229. The Morgan fingerprint density at radius 2 is 2.20 bits per heavy atom. The third-order valence-electron chi connectivity index (χ3n) is 1.58. The maximum absolute atomic E-state index is 5.74. The maximum Gasteiger partial charge on any atom is 0.223 e. The van der Waals surface area contributed by atoms with Gasteiger partial charge in [-0.05, 0) is 46.8 Å². The molecule has 0 spiro atoms. The van der Waals surface area contributed by atoms with Crippen LogP contribution in [0.4, 0.5) is 0 Å². The van der Waals surface area contributed by atoms with E-state index in [1.165, 1.54) is 11.8 Å². The van der Waals surface area contributed by atoms with Crippen LogP contribution in [-0.2, 0) is 7.05 Å². The molecular weight excluding hydrogens is 236 g/mol. The van der Waals surface area contributed by atoms with Gasteiger partial charge >= 0.3 is 0 Å². The van der Waals surface area contributed by atoms with E-state index in [9.17, 15) is 0 Å². The number of halogens is 1. The smallest absolute Gasteiger partial charge is 0.223 e. The first-order chi connectivity index (χ1) is 7.15. The van der Waals surface area contributed by atoms with Crippen LogP contribution in [0.5, 0.6) is 0 Å². The zero-order chi connectivity index (χ0) is 10.8. The average molecular weight is 243 g/mol. The molecule has 0 fully saturated rings. The fraction of sp³-hybridized carbons (Fsp3) is 0.286. The highest BCUT2D eigenvalue weighted by atomic mass is 35.5. The average Bonchev–Trinajstić information content (AvgIpc) is 2.50. The van der Waals surface area contributed by atoms with Gasteiger partial charge in [0.15, 0.2) is 0 Å². The molecule has 0 saturated carbocycles. The van der Waals surface area contributed by atoms with Crippen LogP contribution >= 0.6 is 23.4 Å². The number of rotatable bonds is 2. The first kappa shape index (κ1) is 10.3. The zero-order valence-electron chi connectivity index (χ0n) is 8.05. The monoisotopic (exact) mass is 242 g/mol. The summed E-state index contributed by atoms with van der Waals surface area (Å²) in [4.78, 5) is 8.03. The Morgan fingerprint density at radius 1 is 1.40 bits per heavy atom. The number of aryl methyl sites for hydroxylation is 2. The molecule has 0 saturated heterocycles. The van der Waals surface area contributed by atoms with Gasteiger partial charge in [0.05, 0.1) is 0 Å². The lowest BCUT2D eigenvalue weighted by Gasteiger charge is -2.00. The van der Waals surface area contributed by atoms with E-state index in [0.29, 0.717) is 5.16 Å². The predicted molar refractivity (Wildman–Crippen MR) is 54.7 cm³/mol. The zero-order valence-corrected chi connectivity index (χ0v) is 9.62. The summed E-state index contributed by atoms with van der Waals surface area (Å²) in [7, 11) is 1.76. The molecule has 2 aromatic heterocycles. The van der Waals surface area contributed by atoms with Crippen molar-refractivity contribution in [3.63, 3.8) is 0 Å². The lowest BCUT2D eigenvalue weighted by molar-refractivity contribution is 0.664. The van der Waals surface area contributed by atoms with Crippen molar-refractivity contribution in [1.29, 1.82) is 0 Å². The van der Waals surface area contributed by atoms with Gasteiger partial charge in [-0.15, -0.1) is 5.10 Å². The van der Waals surface area contributed by atoms with Crippen LogP contribution < -0.4 is 0 Å². The molecule has 0 radical (unpaired) electrons. The molecule has 15 heavy (non-hydrogen) atoms. The molecule has 0 bridgehead atoms. The van der Waals surface area contributed by atoms with Crippen molar-refractivity contribution in [2.24, 2.45) is 7.05 Å². The van der Waals surface area contributed by atoms with Crippen molar-refractivity contribution in [1.82, 2.24) is 30.2 Å². The largest absolute Gasteiger partial charge is 0.223 e. The molecule has 8 heteroatoms. The first-order valence-electron chi connectivity index (χ1n) is 4.06. The second-order valence-corrected chi connectivity index (χ2v) is 4.13. The van der Waals surface area contributed by atoms with Crippen molar-refractivity contribution in [3.05, 3.63) is 17.0 Å². The summed E-state index contributed by atoms with van der Waals surface area (Å²) in [6.45, 7) is 1.85. The van der Waals surface area contributed by atoms with E-state index in [1.54, 1.807) is 11.7 Å². The van der Waals surface area contributed by atoms with Gasteiger partial charge in [0.1, 0.15) is 5.03 Å². The van der Waals surface area contributed by atoms with Crippen LogP contribution in [0.1, 0.15) is 5.69 Å². The van der Waals surface area contributed by atoms with E-state index in [-0.39, 0.29) is 5.28 Å². The minimum Gasteiger partial charge on any atom is -0.223 e. The van der Waals surface area contributed by atoms with Gasteiger partial charge in [0.2, 0.25) is 10.4 Å². The van der Waals surface area contributed by atoms with Gasteiger partial charge in [-0.3, -0.25) is 0 Å². The Morgan fingerprint density at radius 3 is 2.80 bits per heavy atom. The Bertz CT molecular complexity index is 464. The van der Waals surface area contributed by atoms with E-state index in [1.807, 2.05) is 13.0 Å². The van der Waals surface area contributed by atoms with Gasteiger partial charge in [-0.2, -0.15) is 0 Å². The minimum atomic E-state index is 0.229. The van der Waals surface area contributed by atoms with Crippen molar-refractivity contribution >= 4 is 23.4 Å². The van der Waals surface area contributed by atoms with Gasteiger partial charge in [-0.1, -0.05) is 0 Å². The molecule has 0 aliphatic rings. The van der Waals surface area contributed by atoms with Crippen molar-refractivity contribution in [2.45, 2.75) is 17.1 Å². The summed E-state index contributed by atoms with van der Waals surface area (Å²) in [5.74, 6) is 0. The number of nitrogens with zero attached hydrogens (tertiary/aromatic N) is 6. The highest BCUT2D eigenvalue weighted by Gasteiger charge is 2.07. The molecule has 2 rings (SSSR count). The quantitative estimate of drug-likeness (QED) is 0.581. The highest BCUT2D eigenvalue weighted by Crippen LogP contribution is 2.23. The van der Waals surface area contributed by atoms with Crippen LogP contribution in [0, 0.1) is 6.92 Å². The third-order valence-corrected chi connectivity index (χ3v) is 2.70. The van der Waals surface area contributed by atoms with E-state index in [4.69, 9.17) is 11.6 Å². The molecule has 0 amide bonds. The van der Waals surface area contributed by atoms with Crippen LogP contribution in [0.3, 0.4) is 0 Å². The molecule has 2 heterocycles. The third kappa shape index (κ3) is 2.42. The van der Waals surface area contributed by atoms with Crippen molar-refractivity contribution in [3.8, 4) is 0 Å². The standard InChI is InChI=1S/C7H7ClN6S/c1-4-3-5(10-6(8)9-4)15-7-11-12-13-14(7)2/h3H,1-2H3. The molecular formula is C7H7ClN6S. The lowest BCUT2D eigenvalue weighted by Crippen LogP contribution is -1.94. The Hall–Kier alpha value is -1.21. The van der Waals surface area contributed by atoms with Gasteiger partial charge < -0.3 is 0 Å². The van der Waals surface area contributed by atoms with E-state index >= 15 is 0 Å². The Balaban J connectivity index is 2.28. The number of hydrogen-bond acceptors (Lipinski definition) is 6. The van der Waals surface area contributed by atoms with Gasteiger partial charge in [-0.25, -0.2) is 14.6 Å². The van der Waals surface area contributed by atoms with Crippen molar-refractivity contribution in [2.75, 3.05) is 0 Å². The van der Waals surface area contributed by atoms with E-state index in [0.717, 1.165) is 10.7 Å². The molecule has 6 nitrogen and oxygen atoms in total. The van der Waals surface area contributed by atoms with Crippen LogP contribution in [-0.4, -0.2) is 30.2 Å². The molecule has 0 N–H and O–H groups in total. The summed E-state index contributed by atoms with van der Waals surface area (Å²) in [5, 5.41) is 12.7. The number of hydrogen-bond donors (Lipinski definition) is 0. The molecule has 78 valence electrons. The summed E-state index contributed by atoms with van der Waals surface area (Å²) in [6.07, 6.45) is 0. The fourth-order valence-corrected chi connectivity index (χ4v) is 2.03. The molecule has 0 aliphatic heterocycles. The van der Waals surface area contributed by atoms with Gasteiger partial charge in [0, 0.05) is 12.7 Å². The SMILES string of the molecule is Cc1cc(Sc2nnnn2C)nc(Cl)n1. The fourth-order valence-electron chi connectivity index (χ4n) is 0.958. The van der Waals surface area contributed by atoms with Crippen LogP contribution in [0.2, 0.25) is 5.28 Å². The number of tetrazole rings is 1. The summed E-state index contributed by atoms with van der Waals surface area (Å²) in [5.41, 5.74) is 0.813. The predicted octanol–water partition coefficient (Wildman–Crippen LogP) is 1.11. The topological polar surface area (TPSA) is 69.4 Å². The van der Waals surface area contributed by atoms with Gasteiger partial charge in [0.25, 0.3) is 0 Å². The summed E-state index contributed by atoms with van der Waals surface area (Å²) < 4.78 is 1.57. The number of aromatic nitrogens is 6. The molecule has 0 aromatic carbocycles. The van der Waals surface area contributed by atoms with E-state index < -0.39 is 0 Å². The van der Waals surface area contributed by atoms with Crippen LogP contribution in [0.15, 0.2) is 16.2 Å². The molecule has 2 aromatic rings. The second kappa shape index (κ2) is 4.11. The van der Waals surface area contributed by atoms with Crippen LogP contribution in [0.25, 0.3) is 0 Å². The van der Waals surface area contributed by atoms with E-state index in [2.05, 4.69) is 25.5 Å². The lowest BCUT2D eigenvalue weighted by atomic mass is 10.5. The van der Waals surface area contributed by atoms with Crippen molar-refractivity contribution < 1.29 is 0 Å².